The average Bonchev–Trinajstić information content (AvgIpc) is 3.22. The van der Waals surface area contributed by atoms with E-state index >= 15 is 0 Å². The summed E-state index contributed by atoms with van der Waals surface area (Å²) in [5.74, 6) is 0.909. The van der Waals surface area contributed by atoms with E-state index in [4.69, 9.17) is 9.47 Å². The first-order valence-corrected chi connectivity index (χ1v) is 10.3. The molecule has 2 saturated heterocycles. The molecule has 2 unspecified atom stereocenters. The van der Waals surface area contributed by atoms with Crippen LogP contribution >= 0.6 is 0 Å². The van der Waals surface area contributed by atoms with Crippen LogP contribution in [-0.4, -0.2) is 46.6 Å². The van der Waals surface area contributed by atoms with Crippen LogP contribution in [0.5, 0.6) is 5.75 Å². The number of morpholine rings is 1. The Morgan fingerprint density at radius 3 is 2.69 bits per heavy atom. The van der Waals surface area contributed by atoms with E-state index in [1.807, 2.05) is 13.0 Å². The van der Waals surface area contributed by atoms with Gasteiger partial charge in [-0.2, -0.15) is 0 Å². The quantitative estimate of drug-likeness (QED) is 0.797. The van der Waals surface area contributed by atoms with Gasteiger partial charge in [0.2, 0.25) is 0 Å². The zero-order valence-corrected chi connectivity index (χ0v) is 16.4. The fourth-order valence-corrected chi connectivity index (χ4v) is 4.66. The van der Waals surface area contributed by atoms with E-state index < -0.39 is 0 Å². The molecule has 4 heterocycles. The Bertz CT molecular complexity index is 1000. The predicted molar refractivity (Wildman–Crippen MR) is 106 cm³/mol. The Labute approximate surface area is 168 Å². The van der Waals surface area contributed by atoms with Crippen LogP contribution in [0.4, 0.5) is 10.2 Å². The molecular formula is C22H23FN4O2. The van der Waals surface area contributed by atoms with Gasteiger partial charge in [0.05, 0.1) is 43.2 Å². The summed E-state index contributed by atoms with van der Waals surface area (Å²) in [5.41, 5.74) is 3.10. The van der Waals surface area contributed by atoms with Gasteiger partial charge in [0, 0.05) is 11.6 Å². The molecule has 1 aromatic carbocycles. The van der Waals surface area contributed by atoms with E-state index in [1.54, 1.807) is 18.5 Å². The van der Waals surface area contributed by atoms with E-state index in [1.165, 1.54) is 0 Å². The lowest BCUT2D eigenvalue weighted by Crippen LogP contribution is -2.46. The molecule has 0 N–H and O–H groups in total. The van der Waals surface area contributed by atoms with Gasteiger partial charge >= 0.3 is 0 Å². The zero-order chi connectivity index (χ0) is 19.6. The van der Waals surface area contributed by atoms with Gasteiger partial charge in [-0.05, 0) is 50.3 Å². The monoisotopic (exact) mass is 394 g/mol. The molecule has 29 heavy (non-hydrogen) atoms. The smallest absolute Gasteiger partial charge is 0.165 e. The maximum atomic E-state index is 14.5. The molecule has 6 rings (SSSR count). The predicted octanol–water partition coefficient (Wildman–Crippen LogP) is 3.27. The van der Waals surface area contributed by atoms with Crippen molar-refractivity contribution in [3.8, 4) is 5.75 Å². The van der Waals surface area contributed by atoms with Gasteiger partial charge in [0.1, 0.15) is 17.7 Å². The van der Waals surface area contributed by atoms with Crippen LogP contribution in [0.25, 0.3) is 0 Å². The highest BCUT2D eigenvalue weighted by Crippen LogP contribution is 2.41. The molecule has 2 atom stereocenters. The standard InChI is InChI=1S/C22H23FN4O2/c1-22(4-5-22)29-19-7-16-13(6-17(19)23)9-24-21(16)18-8-20(26-12-25-18)27-14-2-3-15(27)11-28-10-14/h6-8,12,14-15H,2-5,9-11H2,1H3. The first-order valence-electron chi connectivity index (χ1n) is 10.3. The summed E-state index contributed by atoms with van der Waals surface area (Å²) in [4.78, 5) is 16.1. The molecular weight excluding hydrogens is 371 g/mol. The fourth-order valence-electron chi connectivity index (χ4n) is 4.66. The zero-order valence-electron chi connectivity index (χ0n) is 16.4. The summed E-state index contributed by atoms with van der Waals surface area (Å²) < 4.78 is 26.1. The number of ether oxygens (including phenoxy) is 2. The second-order valence-corrected chi connectivity index (χ2v) is 8.75. The van der Waals surface area contributed by atoms with Gasteiger partial charge in [0.15, 0.2) is 11.6 Å². The summed E-state index contributed by atoms with van der Waals surface area (Å²) >= 11 is 0. The highest BCUT2D eigenvalue weighted by molar-refractivity contribution is 6.14. The number of hydrogen-bond donors (Lipinski definition) is 0. The number of rotatable bonds is 4. The molecule has 1 aliphatic carbocycles. The molecule has 6 nitrogen and oxygen atoms in total. The number of aliphatic imine (C=N–C) groups is 1. The molecule has 2 bridgehead atoms. The Balaban J connectivity index is 1.34. The first kappa shape index (κ1) is 17.3. The van der Waals surface area contributed by atoms with E-state index in [-0.39, 0.29) is 11.4 Å². The van der Waals surface area contributed by atoms with Crippen LogP contribution in [0.2, 0.25) is 0 Å². The highest BCUT2D eigenvalue weighted by atomic mass is 19.1. The molecule has 7 heteroatoms. The van der Waals surface area contributed by atoms with Crippen molar-refractivity contribution in [1.29, 1.82) is 0 Å². The van der Waals surface area contributed by atoms with Crippen LogP contribution in [0, 0.1) is 5.82 Å². The molecule has 1 aromatic heterocycles. The molecule has 4 aliphatic rings. The second-order valence-electron chi connectivity index (χ2n) is 8.75. The number of anilines is 1. The van der Waals surface area contributed by atoms with Crippen molar-refractivity contribution >= 4 is 11.5 Å². The minimum absolute atomic E-state index is 0.233. The van der Waals surface area contributed by atoms with E-state index in [9.17, 15) is 4.39 Å². The summed E-state index contributed by atoms with van der Waals surface area (Å²) in [6.07, 6.45) is 5.79. The number of fused-ring (bicyclic) bond motifs is 3. The van der Waals surface area contributed by atoms with Gasteiger partial charge in [0.25, 0.3) is 0 Å². The summed E-state index contributed by atoms with van der Waals surface area (Å²) in [6.45, 7) is 3.97. The maximum absolute atomic E-state index is 14.5. The number of aromatic nitrogens is 2. The molecule has 3 fully saturated rings. The lowest BCUT2D eigenvalue weighted by Gasteiger charge is -2.35. The van der Waals surface area contributed by atoms with Gasteiger partial charge in [-0.15, -0.1) is 0 Å². The normalized spacial score (nSPS) is 26.3. The number of nitrogens with zero attached hydrogens (tertiary/aromatic N) is 4. The van der Waals surface area contributed by atoms with Gasteiger partial charge in [-0.25, -0.2) is 14.4 Å². The van der Waals surface area contributed by atoms with Crippen LogP contribution in [0.15, 0.2) is 29.5 Å². The van der Waals surface area contributed by atoms with E-state index in [0.717, 1.165) is 67.2 Å². The summed E-state index contributed by atoms with van der Waals surface area (Å²) in [6, 6.07) is 6.11. The Kier molecular flexibility index (Phi) is 3.72. The fraction of sp³-hybridized carbons (Fsp3) is 0.500. The average molecular weight is 394 g/mol. The molecule has 0 radical (unpaired) electrons. The SMILES string of the molecule is CC1(Oc2cc3c(cc2F)CN=C3c2cc(N3C4CCC3COC4)ncn2)CC1. The molecule has 1 saturated carbocycles. The third-order valence-corrected chi connectivity index (χ3v) is 6.53. The number of hydrogen-bond acceptors (Lipinski definition) is 6. The van der Waals surface area contributed by atoms with Gasteiger partial charge in [-0.1, -0.05) is 0 Å². The van der Waals surface area contributed by atoms with Gasteiger partial charge in [-0.3, -0.25) is 4.99 Å². The number of benzene rings is 1. The maximum Gasteiger partial charge on any atom is 0.165 e. The molecule has 0 amide bonds. The molecule has 150 valence electrons. The minimum atomic E-state index is -0.318. The summed E-state index contributed by atoms with van der Waals surface area (Å²) in [7, 11) is 0. The van der Waals surface area contributed by atoms with Crippen molar-refractivity contribution in [1.82, 2.24) is 9.97 Å². The van der Waals surface area contributed by atoms with Crippen molar-refractivity contribution in [3.05, 3.63) is 47.2 Å². The number of halogens is 1. The topological polar surface area (TPSA) is 59.8 Å². The van der Waals surface area contributed by atoms with Crippen molar-refractivity contribution in [2.24, 2.45) is 4.99 Å². The molecule has 2 aromatic rings. The minimum Gasteiger partial charge on any atom is -0.484 e. The lowest BCUT2D eigenvalue weighted by molar-refractivity contribution is 0.0902. The third kappa shape index (κ3) is 2.90. The van der Waals surface area contributed by atoms with Gasteiger partial charge < -0.3 is 14.4 Å². The van der Waals surface area contributed by atoms with Crippen LogP contribution < -0.4 is 9.64 Å². The van der Waals surface area contributed by atoms with Crippen LogP contribution in [0.3, 0.4) is 0 Å². The first-order chi connectivity index (χ1) is 14.1. The van der Waals surface area contributed by atoms with E-state index in [2.05, 4.69) is 19.9 Å². The van der Waals surface area contributed by atoms with E-state index in [0.29, 0.717) is 24.4 Å². The van der Waals surface area contributed by atoms with Crippen molar-refractivity contribution in [2.45, 2.75) is 56.8 Å². The van der Waals surface area contributed by atoms with Crippen molar-refractivity contribution < 1.29 is 13.9 Å². The Hall–Kier alpha value is -2.54. The Morgan fingerprint density at radius 2 is 1.93 bits per heavy atom. The lowest BCUT2D eigenvalue weighted by atomic mass is 10.0. The summed E-state index contributed by atoms with van der Waals surface area (Å²) in [5, 5.41) is 0. The Morgan fingerprint density at radius 1 is 1.14 bits per heavy atom. The second kappa shape index (κ2) is 6.23. The van der Waals surface area contributed by atoms with Crippen LogP contribution in [0.1, 0.15) is 49.4 Å². The van der Waals surface area contributed by atoms with Crippen molar-refractivity contribution in [2.75, 3.05) is 18.1 Å². The highest BCUT2D eigenvalue weighted by Gasteiger charge is 2.41. The molecule has 0 spiro atoms. The van der Waals surface area contributed by atoms with Crippen molar-refractivity contribution in [3.63, 3.8) is 0 Å². The largest absolute Gasteiger partial charge is 0.484 e. The van der Waals surface area contributed by atoms with Crippen LogP contribution in [-0.2, 0) is 11.3 Å². The third-order valence-electron chi connectivity index (χ3n) is 6.53. The molecule has 3 aliphatic heterocycles.